The lowest BCUT2D eigenvalue weighted by Gasteiger charge is -2.30. The van der Waals surface area contributed by atoms with Crippen LogP contribution in [-0.2, 0) is 96.0 Å². The molecule has 0 saturated carbocycles. The molecule has 3 heterocycles. The number of aromatic amines is 2. The SMILES string of the molecule is CC(C)[C@H](NC(=O)[C@H](C)NC(=O)[C@H](Cc1cnc[nH]1)NC(=O)[C@H](CCC(N)=O)NC(=O)[C@H](CCCCN)NC(=O)[C@H](CO)NC(=O)[C@H](CS)NC(=O)[C@H](CO)NC(=O)[C@@H]1CCCN1C(=O)[C@H](Cc1cnc[nH]1)NC(=O)[C@@H](N)CC(=O)O)C(=O)N[C@@H](Cc1ccccc1)C(=O)N[C@@H](CCC(N)=O)C(=O)O. The van der Waals surface area contributed by atoms with Gasteiger partial charge in [0.25, 0.3) is 0 Å². The third kappa shape index (κ3) is 28.3. The van der Waals surface area contributed by atoms with Crippen LogP contribution >= 0.6 is 12.6 Å². The Balaban J connectivity index is 1.47. The molecular weight excluding hydrogens is 1390 g/mol. The molecule has 25 N–H and O–H groups in total. The van der Waals surface area contributed by atoms with E-state index in [2.05, 4.69) is 91.0 Å². The van der Waals surface area contributed by atoms with E-state index in [0.717, 1.165) is 4.90 Å². The zero-order chi connectivity index (χ0) is 77.3. The monoisotopic (exact) mass is 1480 g/mol. The summed E-state index contributed by atoms with van der Waals surface area (Å²) in [4.78, 5) is 228. The molecule has 14 amide bonds. The predicted molar refractivity (Wildman–Crippen MR) is 367 cm³/mol. The lowest BCUT2D eigenvalue weighted by atomic mass is 10.00. The summed E-state index contributed by atoms with van der Waals surface area (Å²) in [7, 11) is 0. The standard InChI is InChI=1S/C63H94N20O20S/c1-31(2)50(61(100)77-40(20-33-10-5-4-6-11-33)56(95)75-39(63(102)103)15-17-48(67)87)82-51(90)32(3)72-55(94)41(21-34-24-68-29-70-34)76-54(93)38(14-16-47(66)86)74-53(92)37(12-7-8-18-64)73-57(96)43(26-84)79-59(98)45(28-104)81-58(97)44(27-85)80-60(99)46-13-9-19-83(46)62(101)42(22-35-25-69-30-71-35)78-52(91)36(65)23-49(88)89/h4-6,10-11,24-25,29-32,36-46,50,84-85,104H,7-9,12-23,26-28,64-65H2,1-3H3,(H2,66,86)(H2,67,87)(H,68,70)(H,69,71)(H,72,94)(H,73,96)(H,74,92)(H,75,95)(H,76,93)(H,77,100)(H,78,91)(H,79,98)(H,80,99)(H,81,97)(H,82,90)(H,88,89)(H,102,103)/t32-,36-,37-,38-,39-,40-,41-,42-,43-,44-,45-,46-,50-/m0/s1. The normalized spacial score (nSPS) is 16.0. The summed E-state index contributed by atoms with van der Waals surface area (Å²) in [5.74, 6) is -17.9. The summed E-state index contributed by atoms with van der Waals surface area (Å²) < 4.78 is 0. The van der Waals surface area contributed by atoms with Crippen LogP contribution < -0.4 is 81.4 Å². The average molecular weight is 1480 g/mol. The highest BCUT2D eigenvalue weighted by atomic mass is 32.1. The molecule has 1 saturated heterocycles. The first-order chi connectivity index (χ1) is 49.3. The molecule has 0 spiro atoms. The number of primary amides is 2. The van der Waals surface area contributed by atoms with E-state index in [0.29, 0.717) is 17.7 Å². The van der Waals surface area contributed by atoms with E-state index >= 15 is 0 Å². The number of nitrogens with one attached hydrogen (secondary N) is 13. The van der Waals surface area contributed by atoms with Gasteiger partial charge in [0.05, 0.1) is 38.3 Å². The van der Waals surface area contributed by atoms with Crippen molar-refractivity contribution >= 4 is 107 Å². The minimum atomic E-state index is -1.87. The first kappa shape index (κ1) is 85.8. The van der Waals surface area contributed by atoms with Gasteiger partial charge in [-0.3, -0.25) is 71.9 Å². The summed E-state index contributed by atoms with van der Waals surface area (Å²) in [6, 6.07) is -11.9. The molecule has 0 radical (unpaired) electrons. The van der Waals surface area contributed by atoms with Gasteiger partial charge in [0, 0.05) is 68.2 Å². The maximum atomic E-state index is 14.4. The fourth-order valence-electron chi connectivity index (χ4n) is 10.6. The second-order valence-electron chi connectivity index (χ2n) is 24.8. The van der Waals surface area contributed by atoms with E-state index in [1.54, 1.807) is 44.2 Å². The van der Waals surface area contributed by atoms with Crippen molar-refractivity contribution in [3.05, 3.63) is 72.3 Å². The number of carbonyl (C=O) groups is 16. The number of nitrogens with two attached hydrogens (primary N) is 4. The summed E-state index contributed by atoms with van der Waals surface area (Å²) in [5, 5.41) is 66.3. The Kier molecular flexibility index (Phi) is 35.7. The van der Waals surface area contributed by atoms with E-state index in [9.17, 15) is 92.0 Å². The van der Waals surface area contributed by atoms with Gasteiger partial charge < -0.3 is 117 Å². The van der Waals surface area contributed by atoms with Gasteiger partial charge in [-0.05, 0) is 69.9 Å². The van der Waals surface area contributed by atoms with Crippen LogP contribution in [0.2, 0.25) is 0 Å². The first-order valence-electron chi connectivity index (χ1n) is 33.2. The average Bonchev–Trinajstić information content (AvgIpc) is 1.65. The molecule has 1 aromatic carbocycles. The second kappa shape index (κ2) is 43.3. The quantitative estimate of drug-likeness (QED) is 0.0184. The highest BCUT2D eigenvalue weighted by Gasteiger charge is 2.41. The molecule has 0 bridgehead atoms. The molecule has 0 aliphatic carbocycles. The molecule has 3 aromatic rings. The van der Waals surface area contributed by atoms with Gasteiger partial charge in [0.15, 0.2) is 0 Å². The number of nitrogens with zero attached hydrogens (tertiary/aromatic N) is 3. The number of thiol groups is 1. The van der Waals surface area contributed by atoms with Crippen LogP contribution in [0.1, 0.15) is 102 Å². The number of carboxylic acid groups (broad SMARTS) is 2. The number of aliphatic hydroxyl groups excluding tert-OH is 2. The molecular formula is C63H94N20O20S. The summed E-state index contributed by atoms with van der Waals surface area (Å²) in [6.07, 6.45) is 2.66. The number of unbranched alkanes of at least 4 members (excludes halogenated alkanes) is 1. The van der Waals surface area contributed by atoms with Crippen LogP contribution in [0.3, 0.4) is 0 Å². The minimum absolute atomic E-state index is 0.00602. The molecule has 40 nitrogen and oxygen atoms in total. The van der Waals surface area contributed by atoms with Crippen LogP contribution in [0.15, 0.2) is 55.4 Å². The molecule has 1 aliphatic rings. The third-order valence-electron chi connectivity index (χ3n) is 16.3. The van der Waals surface area contributed by atoms with Crippen LogP contribution in [0.25, 0.3) is 0 Å². The molecule has 4 rings (SSSR count). The number of amides is 14. The number of rotatable bonds is 46. The number of hydrogen-bond donors (Lipinski definition) is 22. The molecule has 1 fully saturated rings. The van der Waals surface area contributed by atoms with Crippen LogP contribution in [0.5, 0.6) is 0 Å². The Morgan fingerprint density at radius 2 is 1.01 bits per heavy atom. The molecule has 41 heteroatoms. The van der Waals surface area contributed by atoms with Gasteiger partial charge in [-0.25, -0.2) is 14.8 Å². The van der Waals surface area contributed by atoms with Gasteiger partial charge in [-0.2, -0.15) is 12.6 Å². The minimum Gasteiger partial charge on any atom is -0.481 e. The second-order valence-corrected chi connectivity index (χ2v) is 25.2. The molecule has 13 atom stereocenters. The van der Waals surface area contributed by atoms with E-state index in [-0.39, 0.29) is 76.6 Å². The molecule has 104 heavy (non-hydrogen) atoms. The van der Waals surface area contributed by atoms with Gasteiger partial charge in [-0.1, -0.05) is 44.2 Å². The number of carboxylic acids is 2. The Morgan fingerprint density at radius 3 is 1.53 bits per heavy atom. The van der Waals surface area contributed by atoms with Crippen molar-refractivity contribution in [1.82, 2.24) is 83.3 Å². The van der Waals surface area contributed by atoms with Crippen molar-refractivity contribution in [3.63, 3.8) is 0 Å². The Bertz CT molecular complexity index is 3440. The molecule has 1 aliphatic heterocycles. The summed E-state index contributed by atoms with van der Waals surface area (Å²) in [6.45, 7) is 2.31. The van der Waals surface area contributed by atoms with Crippen LogP contribution in [-0.4, -0.2) is 251 Å². The van der Waals surface area contributed by atoms with Crippen molar-refractivity contribution in [3.8, 4) is 0 Å². The van der Waals surface area contributed by atoms with Crippen LogP contribution in [0.4, 0.5) is 0 Å². The number of likely N-dealkylation sites (tertiary alicyclic amines) is 1. The van der Waals surface area contributed by atoms with Crippen molar-refractivity contribution in [2.75, 3.05) is 32.1 Å². The topological polar surface area (TPSA) is 651 Å². The maximum absolute atomic E-state index is 14.4. The number of aliphatic carboxylic acids is 2. The zero-order valence-electron chi connectivity index (χ0n) is 57.4. The smallest absolute Gasteiger partial charge is 0.326 e. The lowest BCUT2D eigenvalue weighted by molar-refractivity contribution is -0.143. The van der Waals surface area contributed by atoms with E-state index in [1.165, 1.54) is 32.0 Å². The Hall–Kier alpha value is -10.7. The van der Waals surface area contributed by atoms with E-state index in [4.69, 9.17) is 28.0 Å². The summed E-state index contributed by atoms with van der Waals surface area (Å²) >= 11 is 4.14. The fourth-order valence-corrected chi connectivity index (χ4v) is 10.8. The third-order valence-corrected chi connectivity index (χ3v) is 16.7. The number of benzene rings is 1. The summed E-state index contributed by atoms with van der Waals surface area (Å²) in [5.41, 5.74) is 23.4. The lowest BCUT2D eigenvalue weighted by Crippen LogP contribution is -2.62. The molecule has 572 valence electrons. The Labute approximate surface area is 601 Å². The highest BCUT2D eigenvalue weighted by molar-refractivity contribution is 7.80. The molecule has 0 unspecified atom stereocenters. The molecule has 2 aromatic heterocycles. The van der Waals surface area contributed by atoms with Crippen molar-refractivity contribution in [2.45, 2.75) is 183 Å². The maximum Gasteiger partial charge on any atom is 0.326 e. The number of hydrogen-bond acceptors (Lipinski definition) is 23. The van der Waals surface area contributed by atoms with Crippen molar-refractivity contribution in [2.24, 2.45) is 28.9 Å². The predicted octanol–water partition coefficient (Wildman–Crippen LogP) is -8.38. The number of aromatic nitrogens is 4. The van der Waals surface area contributed by atoms with Crippen molar-refractivity contribution in [1.29, 1.82) is 0 Å². The fraction of sp³-hybridized carbons (Fsp3) is 0.556. The van der Waals surface area contributed by atoms with Gasteiger partial charge in [0.2, 0.25) is 82.7 Å². The number of imidazole rings is 2. The van der Waals surface area contributed by atoms with Crippen molar-refractivity contribution < 1.29 is 97.1 Å². The highest BCUT2D eigenvalue weighted by Crippen LogP contribution is 2.21. The zero-order valence-corrected chi connectivity index (χ0v) is 58.3. The van der Waals surface area contributed by atoms with Crippen LogP contribution in [0, 0.1) is 5.92 Å². The number of H-pyrrole nitrogens is 2. The van der Waals surface area contributed by atoms with Gasteiger partial charge in [0.1, 0.15) is 72.5 Å². The van der Waals surface area contributed by atoms with E-state index in [1.807, 2.05) is 0 Å². The Morgan fingerprint density at radius 1 is 0.548 bits per heavy atom. The van der Waals surface area contributed by atoms with Gasteiger partial charge in [-0.15, -0.1) is 0 Å². The largest absolute Gasteiger partial charge is 0.481 e. The number of aliphatic hydroxyl groups is 2. The van der Waals surface area contributed by atoms with Gasteiger partial charge >= 0.3 is 11.9 Å². The number of carbonyl (C=O) groups excluding carboxylic acids is 14. The first-order valence-corrected chi connectivity index (χ1v) is 33.9. The van der Waals surface area contributed by atoms with E-state index < -0.39 is 217 Å².